The smallest absolute Gasteiger partial charge is 0.132 e. The Balaban J connectivity index is 2.22. The number of hydrogen-bond donors (Lipinski definition) is 1. The molecule has 0 aromatic carbocycles. The molecule has 2 heterocycles. The molecule has 5 nitrogen and oxygen atoms in total. The second-order valence-corrected chi connectivity index (χ2v) is 6.07. The van der Waals surface area contributed by atoms with Gasteiger partial charge in [-0.2, -0.15) is 0 Å². The second-order valence-electron chi connectivity index (χ2n) is 6.07. The van der Waals surface area contributed by atoms with Crippen LogP contribution in [0.15, 0.2) is 12.4 Å². The molecule has 1 fully saturated rings. The molecule has 1 aliphatic heterocycles. The fraction of sp³-hybridized carbons (Fsp3) is 0.714. The highest BCUT2D eigenvalue weighted by Crippen LogP contribution is 2.25. The van der Waals surface area contributed by atoms with Gasteiger partial charge < -0.3 is 15.4 Å². The normalized spacial score (nSPS) is 22.8. The third-order valence-corrected chi connectivity index (χ3v) is 3.33. The zero-order valence-corrected chi connectivity index (χ0v) is 12.3. The highest BCUT2D eigenvalue weighted by atomic mass is 16.5. The van der Waals surface area contributed by atoms with Crippen LogP contribution < -0.4 is 10.6 Å². The maximum Gasteiger partial charge on any atom is 0.132 e. The minimum Gasteiger partial charge on any atom is -0.367 e. The Hall–Kier alpha value is -1.20. The summed E-state index contributed by atoms with van der Waals surface area (Å²) < 4.78 is 5.94. The van der Waals surface area contributed by atoms with E-state index in [4.69, 9.17) is 10.5 Å². The van der Waals surface area contributed by atoms with Crippen LogP contribution in [0.3, 0.4) is 0 Å². The van der Waals surface area contributed by atoms with Gasteiger partial charge in [-0.15, -0.1) is 0 Å². The molecule has 0 spiro atoms. The summed E-state index contributed by atoms with van der Waals surface area (Å²) >= 11 is 0. The van der Waals surface area contributed by atoms with Crippen molar-refractivity contribution >= 4 is 5.82 Å². The molecule has 0 amide bonds. The van der Waals surface area contributed by atoms with Gasteiger partial charge in [-0.25, -0.2) is 9.97 Å². The van der Waals surface area contributed by atoms with Gasteiger partial charge in [0.25, 0.3) is 0 Å². The van der Waals surface area contributed by atoms with Crippen LogP contribution >= 0.6 is 0 Å². The summed E-state index contributed by atoms with van der Waals surface area (Å²) in [6, 6.07) is 2.07. The number of nitrogens with zero attached hydrogens (tertiary/aromatic N) is 3. The fourth-order valence-electron chi connectivity index (χ4n) is 2.44. The van der Waals surface area contributed by atoms with Crippen LogP contribution in [-0.4, -0.2) is 41.3 Å². The predicted molar refractivity (Wildman–Crippen MR) is 76.3 cm³/mol. The number of ether oxygens (including phenoxy) is 1. The van der Waals surface area contributed by atoms with Crippen molar-refractivity contribution < 1.29 is 4.74 Å². The van der Waals surface area contributed by atoms with Crippen LogP contribution in [0.5, 0.6) is 0 Å². The molecule has 0 bridgehead atoms. The van der Waals surface area contributed by atoms with Crippen LogP contribution in [0.4, 0.5) is 5.82 Å². The Labute approximate surface area is 115 Å². The molecule has 1 unspecified atom stereocenters. The Kier molecular flexibility index (Phi) is 4.06. The lowest BCUT2D eigenvalue weighted by molar-refractivity contribution is -0.0790. The minimum atomic E-state index is -0.203. The summed E-state index contributed by atoms with van der Waals surface area (Å²) in [5, 5.41) is 0. The number of nitrogens with two attached hydrogens (primary N) is 1. The van der Waals surface area contributed by atoms with Crippen molar-refractivity contribution in [2.24, 2.45) is 5.73 Å². The lowest BCUT2D eigenvalue weighted by atomic mass is 10.0. The standard InChI is InChI=1S/C14H24N4O/c1-10(2)12-5-13(17-9-16-12)18-7-11(6-15)19-14(3,4)8-18/h5,9-11H,6-8,15H2,1-4H3. The molecule has 0 radical (unpaired) electrons. The van der Waals surface area contributed by atoms with Gasteiger partial charge in [0.05, 0.1) is 11.7 Å². The molecule has 106 valence electrons. The maximum atomic E-state index is 5.94. The number of aromatic nitrogens is 2. The first-order chi connectivity index (χ1) is 8.91. The molecule has 2 rings (SSSR count). The molecular weight excluding hydrogens is 240 g/mol. The Morgan fingerprint density at radius 1 is 1.47 bits per heavy atom. The van der Waals surface area contributed by atoms with E-state index < -0.39 is 0 Å². The monoisotopic (exact) mass is 264 g/mol. The topological polar surface area (TPSA) is 64.3 Å². The second kappa shape index (κ2) is 5.43. The van der Waals surface area contributed by atoms with Gasteiger partial charge in [-0.3, -0.25) is 0 Å². The fourth-order valence-corrected chi connectivity index (χ4v) is 2.44. The minimum absolute atomic E-state index is 0.0567. The summed E-state index contributed by atoms with van der Waals surface area (Å²) in [6.07, 6.45) is 1.70. The summed E-state index contributed by atoms with van der Waals surface area (Å²) in [4.78, 5) is 11.0. The van der Waals surface area contributed by atoms with Crippen LogP contribution in [0.2, 0.25) is 0 Å². The van der Waals surface area contributed by atoms with Gasteiger partial charge in [-0.05, 0) is 19.8 Å². The van der Waals surface area contributed by atoms with E-state index in [9.17, 15) is 0 Å². The number of hydrogen-bond acceptors (Lipinski definition) is 5. The quantitative estimate of drug-likeness (QED) is 0.897. The highest BCUT2D eigenvalue weighted by Gasteiger charge is 2.33. The molecule has 1 atom stereocenters. The van der Waals surface area contributed by atoms with Crippen LogP contribution in [0.25, 0.3) is 0 Å². The van der Waals surface area contributed by atoms with Crippen molar-refractivity contribution in [3.05, 3.63) is 18.1 Å². The van der Waals surface area contributed by atoms with E-state index >= 15 is 0 Å². The first kappa shape index (κ1) is 14.2. The molecule has 0 aliphatic carbocycles. The van der Waals surface area contributed by atoms with Gasteiger partial charge >= 0.3 is 0 Å². The van der Waals surface area contributed by atoms with Gasteiger partial charge in [0.1, 0.15) is 12.1 Å². The zero-order valence-electron chi connectivity index (χ0n) is 12.3. The van der Waals surface area contributed by atoms with Gasteiger partial charge in [0.15, 0.2) is 0 Å². The van der Waals surface area contributed by atoms with Crippen molar-refractivity contribution in [2.45, 2.75) is 45.3 Å². The summed E-state index contributed by atoms with van der Waals surface area (Å²) in [7, 11) is 0. The molecule has 5 heteroatoms. The van der Waals surface area contributed by atoms with Gasteiger partial charge in [0, 0.05) is 31.4 Å². The first-order valence-electron chi connectivity index (χ1n) is 6.86. The molecule has 19 heavy (non-hydrogen) atoms. The Morgan fingerprint density at radius 2 is 2.21 bits per heavy atom. The average Bonchev–Trinajstić information content (AvgIpc) is 2.37. The summed E-state index contributed by atoms with van der Waals surface area (Å²) in [6.45, 7) is 10.6. The van der Waals surface area contributed by atoms with E-state index in [1.807, 2.05) is 0 Å². The SMILES string of the molecule is CC(C)c1cc(N2CC(CN)OC(C)(C)C2)ncn1. The summed E-state index contributed by atoms with van der Waals surface area (Å²) in [5.74, 6) is 1.37. The lowest BCUT2D eigenvalue weighted by Crippen LogP contribution is -2.55. The summed E-state index contributed by atoms with van der Waals surface area (Å²) in [5.41, 5.74) is 6.62. The van der Waals surface area contributed by atoms with Crippen molar-refractivity contribution in [2.75, 3.05) is 24.5 Å². The molecule has 1 saturated heterocycles. The Bertz CT molecular complexity index is 433. The van der Waals surface area contributed by atoms with E-state index in [0.29, 0.717) is 12.5 Å². The molecule has 2 N–H and O–H groups in total. The molecule has 1 aromatic rings. The van der Waals surface area contributed by atoms with Crippen LogP contribution in [-0.2, 0) is 4.74 Å². The average molecular weight is 264 g/mol. The van der Waals surface area contributed by atoms with E-state index in [2.05, 4.69) is 48.6 Å². The third-order valence-electron chi connectivity index (χ3n) is 3.33. The first-order valence-corrected chi connectivity index (χ1v) is 6.86. The number of rotatable bonds is 3. The Morgan fingerprint density at radius 3 is 2.84 bits per heavy atom. The molecule has 1 aromatic heterocycles. The van der Waals surface area contributed by atoms with Crippen LogP contribution in [0, 0.1) is 0 Å². The van der Waals surface area contributed by atoms with Crippen molar-refractivity contribution in [3.63, 3.8) is 0 Å². The molecule has 0 saturated carbocycles. The highest BCUT2D eigenvalue weighted by molar-refractivity contribution is 5.41. The zero-order chi connectivity index (χ0) is 14.0. The van der Waals surface area contributed by atoms with Crippen LogP contribution in [0.1, 0.15) is 39.3 Å². The van der Waals surface area contributed by atoms with E-state index in [0.717, 1.165) is 24.6 Å². The van der Waals surface area contributed by atoms with Gasteiger partial charge in [0.2, 0.25) is 0 Å². The van der Waals surface area contributed by atoms with Crippen molar-refractivity contribution in [1.82, 2.24) is 9.97 Å². The largest absolute Gasteiger partial charge is 0.367 e. The number of anilines is 1. The van der Waals surface area contributed by atoms with Crippen molar-refractivity contribution in [1.29, 1.82) is 0 Å². The maximum absolute atomic E-state index is 5.94. The van der Waals surface area contributed by atoms with Crippen molar-refractivity contribution in [3.8, 4) is 0 Å². The number of morpholine rings is 1. The molecule has 1 aliphatic rings. The lowest BCUT2D eigenvalue weighted by Gasteiger charge is -2.43. The predicted octanol–water partition coefficient (Wildman–Crippen LogP) is 1.54. The molecular formula is C14H24N4O. The third kappa shape index (κ3) is 3.42. The van der Waals surface area contributed by atoms with E-state index in [1.54, 1.807) is 6.33 Å². The van der Waals surface area contributed by atoms with E-state index in [1.165, 1.54) is 0 Å². The van der Waals surface area contributed by atoms with Gasteiger partial charge in [-0.1, -0.05) is 13.8 Å². The van der Waals surface area contributed by atoms with E-state index in [-0.39, 0.29) is 11.7 Å².